The zero-order chi connectivity index (χ0) is 15.5. The van der Waals surface area contributed by atoms with Crippen LogP contribution in [0.5, 0.6) is 0 Å². The van der Waals surface area contributed by atoms with Crippen molar-refractivity contribution in [1.29, 1.82) is 0 Å². The fourth-order valence-corrected chi connectivity index (χ4v) is 3.43. The number of carbonyl (C=O) groups excluding carboxylic acids is 1. The molecule has 1 saturated heterocycles. The second kappa shape index (κ2) is 7.07. The van der Waals surface area contributed by atoms with Gasteiger partial charge in [0.05, 0.1) is 12.1 Å². The average Bonchev–Trinajstić information content (AvgIpc) is 2.41. The first kappa shape index (κ1) is 16.7. The van der Waals surface area contributed by atoms with Gasteiger partial charge >= 0.3 is 0 Å². The van der Waals surface area contributed by atoms with Crippen LogP contribution in [0.25, 0.3) is 0 Å². The van der Waals surface area contributed by atoms with Crippen molar-refractivity contribution in [3.63, 3.8) is 0 Å². The Kier molecular flexibility index (Phi) is 5.63. The Morgan fingerprint density at radius 3 is 2.24 bits per heavy atom. The van der Waals surface area contributed by atoms with Crippen LogP contribution in [0.1, 0.15) is 39.5 Å². The summed E-state index contributed by atoms with van der Waals surface area (Å²) in [4.78, 5) is 16.7. The molecule has 0 aromatic heterocycles. The van der Waals surface area contributed by atoms with Gasteiger partial charge < -0.3 is 15.3 Å². The maximum atomic E-state index is 12.1. The number of rotatable bonds is 4. The molecule has 5 nitrogen and oxygen atoms in total. The highest BCUT2D eigenvalue weighted by Crippen LogP contribution is 2.32. The minimum absolute atomic E-state index is 0.159. The Bertz CT molecular complexity index is 338. The second-order valence-electron chi connectivity index (χ2n) is 7.35. The molecule has 122 valence electrons. The summed E-state index contributed by atoms with van der Waals surface area (Å²) in [6.45, 7) is 8.37. The Morgan fingerprint density at radius 2 is 1.71 bits per heavy atom. The van der Waals surface area contributed by atoms with Gasteiger partial charge in [0.25, 0.3) is 0 Å². The quantitative estimate of drug-likeness (QED) is 0.801. The van der Waals surface area contributed by atoms with Crippen molar-refractivity contribution in [3.05, 3.63) is 0 Å². The molecular weight excluding hydrogens is 266 g/mol. The van der Waals surface area contributed by atoms with Crippen molar-refractivity contribution in [3.8, 4) is 0 Å². The van der Waals surface area contributed by atoms with Gasteiger partial charge in [-0.3, -0.25) is 9.69 Å². The lowest BCUT2D eigenvalue weighted by Gasteiger charge is -2.36. The number of likely N-dealkylation sites (N-methyl/N-ethyl adjacent to an activating group) is 1. The first-order chi connectivity index (χ1) is 9.84. The fraction of sp³-hybridized carbons (Fsp3) is 0.938. The standard InChI is InChI=1S/C16H31N3O2/c1-16(2,21)13-4-6-14(7-5-13)17-15(20)12-19-10-8-18(3)9-11-19/h13-14,21H,4-12H2,1-3H3,(H,17,20)/t13-,14+. The lowest BCUT2D eigenvalue weighted by atomic mass is 9.77. The number of nitrogens with one attached hydrogen (secondary N) is 1. The third kappa shape index (κ3) is 5.24. The number of amides is 1. The molecule has 1 aliphatic heterocycles. The molecule has 0 aromatic rings. The second-order valence-corrected chi connectivity index (χ2v) is 7.35. The van der Waals surface area contributed by atoms with Crippen LogP contribution in [0.3, 0.4) is 0 Å². The Balaban J connectivity index is 1.67. The van der Waals surface area contributed by atoms with Gasteiger partial charge in [0.2, 0.25) is 5.91 Å². The highest BCUT2D eigenvalue weighted by molar-refractivity contribution is 5.78. The Morgan fingerprint density at radius 1 is 1.14 bits per heavy atom. The molecule has 2 N–H and O–H groups in total. The SMILES string of the molecule is CN1CCN(CC(=O)N[C@H]2CC[C@@H](C(C)(C)O)CC2)CC1. The molecule has 1 amide bonds. The molecule has 21 heavy (non-hydrogen) atoms. The molecule has 1 aliphatic carbocycles. The molecule has 5 heteroatoms. The zero-order valence-corrected chi connectivity index (χ0v) is 13.8. The van der Waals surface area contributed by atoms with Gasteiger partial charge in [0.15, 0.2) is 0 Å². The van der Waals surface area contributed by atoms with E-state index in [1.54, 1.807) is 0 Å². The van der Waals surface area contributed by atoms with E-state index in [9.17, 15) is 9.90 Å². The molecule has 0 aromatic carbocycles. The zero-order valence-electron chi connectivity index (χ0n) is 13.8. The average molecular weight is 297 g/mol. The summed E-state index contributed by atoms with van der Waals surface area (Å²) in [6, 6.07) is 0.295. The number of piperazine rings is 1. The first-order valence-corrected chi connectivity index (χ1v) is 8.27. The van der Waals surface area contributed by atoms with Crippen LogP contribution in [-0.2, 0) is 4.79 Å². The summed E-state index contributed by atoms with van der Waals surface area (Å²) in [7, 11) is 2.12. The predicted octanol–water partition coefficient (Wildman–Crippen LogP) is 0.680. The monoisotopic (exact) mass is 297 g/mol. The molecule has 1 saturated carbocycles. The van der Waals surface area contributed by atoms with E-state index in [0.717, 1.165) is 51.9 Å². The molecule has 0 radical (unpaired) electrons. The predicted molar refractivity (Wildman–Crippen MR) is 84.1 cm³/mol. The van der Waals surface area contributed by atoms with E-state index in [4.69, 9.17) is 0 Å². The van der Waals surface area contributed by atoms with Crippen LogP contribution in [0.4, 0.5) is 0 Å². The summed E-state index contributed by atoms with van der Waals surface area (Å²) in [6.07, 6.45) is 3.98. The van der Waals surface area contributed by atoms with Gasteiger partial charge in [-0.1, -0.05) is 0 Å². The molecule has 2 fully saturated rings. The molecule has 0 atom stereocenters. The lowest BCUT2D eigenvalue weighted by molar-refractivity contribution is -0.123. The van der Waals surface area contributed by atoms with Crippen molar-refractivity contribution in [2.24, 2.45) is 5.92 Å². The van der Waals surface area contributed by atoms with Crippen molar-refractivity contribution in [2.75, 3.05) is 39.8 Å². The molecule has 0 spiro atoms. The summed E-state index contributed by atoms with van der Waals surface area (Å²) in [5.41, 5.74) is -0.588. The summed E-state index contributed by atoms with van der Waals surface area (Å²) >= 11 is 0. The summed E-state index contributed by atoms with van der Waals surface area (Å²) in [5, 5.41) is 13.2. The molecular formula is C16H31N3O2. The third-order valence-corrected chi connectivity index (χ3v) is 5.05. The van der Waals surface area contributed by atoms with Gasteiger partial charge in [-0.25, -0.2) is 0 Å². The summed E-state index contributed by atoms with van der Waals surface area (Å²) in [5.74, 6) is 0.523. The van der Waals surface area contributed by atoms with Gasteiger partial charge in [-0.05, 0) is 52.5 Å². The van der Waals surface area contributed by atoms with E-state index in [1.807, 2.05) is 13.8 Å². The van der Waals surface area contributed by atoms with Crippen LogP contribution in [-0.4, -0.2) is 72.2 Å². The van der Waals surface area contributed by atoms with E-state index in [-0.39, 0.29) is 5.91 Å². The van der Waals surface area contributed by atoms with Gasteiger partial charge in [-0.2, -0.15) is 0 Å². The number of nitrogens with zero attached hydrogens (tertiary/aromatic N) is 2. The fourth-order valence-electron chi connectivity index (χ4n) is 3.43. The van der Waals surface area contributed by atoms with Crippen molar-refractivity contribution < 1.29 is 9.90 Å². The largest absolute Gasteiger partial charge is 0.390 e. The maximum Gasteiger partial charge on any atom is 0.234 e. The van der Waals surface area contributed by atoms with E-state index in [0.29, 0.717) is 18.5 Å². The van der Waals surface area contributed by atoms with Crippen LogP contribution in [0.2, 0.25) is 0 Å². The van der Waals surface area contributed by atoms with Crippen LogP contribution >= 0.6 is 0 Å². The van der Waals surface area contributed by atoms with Crippen LogP contribution in [0, 0.1) is 5.92 Å². The first-order valence-electron chi connectivity index (χ1n) is 8.27. The third-order valence-electron chi connectivity index (χ3n) is 5.05. The van der Waals surface area contributed by atoms with Crippen LogP contribution in [0.15, 0.2) is 0 Å². The maximum absolute atomic E-state index is 12.1. The minimum atomic E-state index is -0.588. The van der Waals surface area contributed by atoms with Gasteiger partial charge in [0.1, 0.15) is 0 Å². The Hall–Kier alpha value is -0.650. The minimum Gasteiger partial charge on any atom is -0.390 e. The van der Waals surface area contributed by atoms with E-state index in [2.05, 4.69) is 22.2 Å². The number of hydrogen-bond acceptors (Lipinski definition) is 4. The van der Waals surface area contributed by atoms with E-state index >= 15 is 0 Å². The number of aliphatic hydroxyl groups is 1. The van der Waals surface area contributed by atoms with E-state index in [1.165, 1.54) is 0 Å². The van der Waals surface area contributed by atoms with Crippen molar-refractivity contribution >= 4 is 5.91 Å². The van der Waals surface area contributed by atoms with Gasteiger partial charge in [-0.15, -0.1) is 0 Å². The number of carbonyl (C=O) groups is 1. The smallest absolute Gasteiger partial charge is 0.234 e. The molecule has 0 unspecified atom stereocenters. The van der Waals surface area contributed by atoms with Crippen molar-refractivity contribution in [1.82, 2.24) is 15.1 Å². The molecule has 2 aliphatic rings. The van der Waals surface area contributed by atoms with Gasteiger partial charge in [0, 0.05) is 32.2 Å². The normalized spacial score (nSPS) is 29.3. The number of hydrogen-bond donors (Lipinski definition) is 2. The molecule has 2 rings (SSSR count). The highest BCUT2D eigenvalue weighted by atomic mass is 16.3. The van der Waals surface area contributed by atoms with E-state index < -0.39 is 5.60 Å². The van der Waals surface area contributed by atoms with Crippen LogP contribution < -0.4 is 5.32 Å². The molecule has 0 bridgehead atoms. The molecule has 1 heterocycles. The highest BCUT2D eigenvalue weighted by Gasteiger charge is 2.31. The summed E-state index contributed by atoms with van der Waals surface area (Å²) < 4.78 is 0. The Labute approximate surface area is 128 Å². The van der Waals surface area contributed by atoms with Crippen molar-refractivity contribution in [2.45, 2.75) is 51.2 Å². The lowest BCUT2D eigenvalue weighted by Crippen LogP contribution is -2.50. The topological polar surface area (TPSA) is 55.8 Å².